The molecule has 1 aliphatic heterocycles. The van der Waals surface area contributed by atoms with E-state index in [0.29, 0.717) is 13.2 Å². The minimum Gasteiger partial charge on any atom is -0.394 e. The number of carbonyl (C=O) groups is 1. The predicted molar refractivity (Wildman–Crippen MR) is 72.8 cm³/mol. The van der Waals surface area contributed by atoms with Crippen molar-refractivity contribution in [3.63, 3.8) is 0 Å². The number of hydrogen-bond donors (Lipinski definition) is 2. The fourth-order valence-electron chi connectivity index (χ4n) is 2.19. The number of aliphatic hydroxyl groups excluding tert-OH is 1. The van der Waals surface area contributed by atoms with Gasteiger partial charge in [-0.2, -0.15) is 0 Å². The monoisotopic (exact) mass is 300 g/mol. The topological polar surface area (TPSA) is 61.8 Å². The Labute approximate surface area is 121 Å². The zero-order chi connectivity index (χ0) is 15.4. The number of benzene rings is 1. The molecule has 0 spiro atoms. The molecule has 1 saturated heterocycles. The van der Waals surface area contributed by atoms with E-state index in [1.807, 2.05) is 6.92 Å². The summed E-state index contributed by atoms with van der Waals surface area (Å²) in [5, 5.41) is 11.3. The number of rotatable bonds is 4. The Balaban J connectivity index is 1.98. The Hall–Kier alpha value is -1.57. The molecule has 116 valence electrons. The highest BCUT2D eigenvalue weighted by Crippen LogP contribution is 2.18. The molecule has 5 nitrogen and oxygen atoms in total. The number of hydrogen-bond acceptors (Lipinski definition) is 4. The highest BCUT2D eigenvalue weighted by Gasteiger charge is 2.27. The molecule has 21 heavy (non-hydrogen) atoms. The lowest BCUT2D eigenvalue weighted by atomic mass is 10.2. The van der Waals surface area contributed by atoms with Crippen molar-refractivity contribution in [2.75, 3.05) is 31.6 Å². The molecule has 0 saturated carbocycles. The summed E-state index contributed by atoms with van der Waals surface area (Å²) in [7, 11) is 0. The molecule has 1 aromatic carbocycles. The number of aliphatic hydroxyl groups is 1. The fourth-order valence-corrected chi connectivity index (χ4v) is 2.19. The van der Waals surface area contributed by atoms with Crippen molar-refractivity contribution in [2.45, 2.75) is 19.1 Å². The molecule has 1 aromatic rings. The number of nitrogens with one attached hydrogen (secondary N) is 1. The molecule has 1 fully saturated rings. The highest BCUT2D eigenvalue weighted by molar-refractivity contribution is 5.92. The Kier molecular flexibility index (Phi) is 5.22. The first-order valence-corrected chi connectivity index (χ1v) is 6.71. The van der Waals surface area contributed by atoms with Gasteiger partial charge in [-0.25, -0.2) is 8.78 Å². The van der Waals surface area contributed by atoms with Gasteiger partial charge < -0.3 is 15.2 Å². The molecule has 2 atom stereocenters. The Bertz CT molecular complexity index is 493. The Morgan fingerprint density at radius 1 is 1.48 bits per heavy atom. The molecule has 1 heterocycles. The summed E-state index contributed by atoms with van der Waals surface area (Å²) in [5.41, 5.74) is -0.442. The normalized spacial score (nSPS) is 23.0. The molecular weight excluding hydrogens is 282 g/mol. The fraction of sp³-hybridized carbons (Fsp3) is 0.500. The molecular formula is C14H18F2N2O3. The average molecular weight is 300 g/mol. The van der Waals surface area contributed by atoms with Gasteiger partial charge in [-0.1, -0.05) is 6.07 Å². The smallest absolute Gasteiger partial charge is 0.238 e. The number of ether oxygens (including phenoxy) is 1. The number of para-hydroxylation sites is 1. The molecule has 1 aliphatic rings. The van der Waals surface area contributed by atoms with E-state index in [4.69, 9.17) is 9.84 Å². The first-order chi connectivity index (χ1) is 10.0. The summed E-state index contributed by atoms with van der Waals surface area (Å²) in [6.07, 6.45) is -0.348. The summed E-state index contributed by atoms with van der Waals surface area (Å²) in [5.74, 6) is -2.14. The third-order valence-electron chi connectivity index (χ3n) is 3.41. The second kappa shape index (κ2) is 6.93. The lowest BCUT2D eigenvalue weighted by Crippen LogP contribution is -2.51. The van der Waals surface area contributed by atoms with Crippen LogP contribution in [0, 0.1) is 11.6 Å². The number of carbonyl (C=O) groups excluding carboxylic acids is 1. The summed E-state index contributed by atoms with van der Waals surface area (Å²) in [6, 6.07) is 3.38. The summed E-state index contributed by atoms with van der Waals surface area (Å²) in [4.78, 5) is 13.7. The zero-order valence-electron chi connectivity index (χ0n) is 11.7. The molecule has 0 aliphatic carbocycles. The van der Waals surface area contributed by atoms with E-state index >= 15 is 0 Å². The number of halogens is 2. The van der Waals surface area contributed by atoms with E-state index < -0.39 is 23.2 Å². The highest BCUT2D eigenvalue weighted by atomic mass is 19.1. The van der Waals surface area contributed by atoms with Gasteiger partial charge in [-0.05, 0) is 19.1 Å². The number of anilines is 1. The van der Waals surface area contributed by atoms with Crippen LogP contribution in [-0.4, -0.2) is 54.4 Å². The van der Waals surface area contributed by atoms with E-state index in [0.717, 1.165) is 12.1 Å². The maximum Gasteiger partial charge on any atom is 0.238 e. The minimum atomic E-state index is -0.813. The van der Waals surface area contributed by atoms with Crippen LogP contribution in [0.25, 0.3) is 0 Å². The van der Waals surface area contributed by atoms with Gasteiger partial charge in [0.25, 0.3) is 0 Å². The van der Waals surface area contributed by atoms with Crippen molar-refractivity contribution < 1.29 is 23.4 Å². The lowest BCUT2D eigenvalue weighted by Gasteiger charge is -2.36. The molecule has 2 unspecified atom stereocenters. The summed E-state index contributed by atoms with van der Waals surface area (Å²) >= 11 is 0. The molecule has 2 rings (SSSR count). The standard InChI is InChI=1S/C14H18F2N2O3/c1-9-8-21-10(7-19)5-18(9)6-13(20)17-14-11(15)3-2-4-12(14)16/h2-4,9-10,19H,5-8H2,1H3,(H,17,20). The molecule has 7 heteroatoms. The van der Waals surface area contributed by atoms with Crippen molar-refractivity contribution in [3.8, 4) is 0 Å². The van der Waals surface area contributed by atoms with E-state index in [9.17, 15) is 13.6 Å². The first kappa shape index (κ1) is 15.8. The van der Waals surface area contributed by atoms with E-state index in [-0.39, 0.29) is 25.3 Å². The van der Waals surface area contributed by atoms with Crippen LogP contribution < -0.4 is 5.32 Å². The average Bonchev–Trinajstić information content (AvgIpc) is 2.45. The van der Waals surface area contributed by atoms with E-state index in [1.54, 1.807) is 4.90 Å². The van der Waals surface area contributed by atoms with Crippen molar-refractivity contribution in [1.29, 1.82) is 0 Å². The van der Waals surface area contributed by atoms with E-state index in [2.05, 4.69) is 5.32 Å². The second-order valence-corrected chi connectivity index (χ2v) is 5.06. The van der Waals surface area contributed by atoms with Crippen LogP contribution in [0.4, 0.5) is 14.5 Å². The molecule has 1 amide bonds. The van der Waals surface area contributed by atoms with Gasteiger partial charge >= 0.3 is 0 Å². The Morgan fingerprint density at radius 2 is 2.14 bits per heavy atom. The maximum atomic E-state index is 13.5. The summed E-state index contributed by atoms with van der Waals surface area (Å²) in [6.45, 7) is 2.52. The summed E-state index contributed by atoms with van der Waals surface area (Å²) < 4.78 is 32.3. The largest absolute Gasteiger partial charge is 0.394 e. The van der Waals surface area contributed by atoms with Crippen LogP contribution in [0.2, 0.25) is 0 Å². The van der Waals surface area contributed by atoms with Crippen LogP contribution >= 0.6 is 0 Å². The van der Waals surface area contributed by atoms with Crippen molar-refractivity contribution in [2.24, 2.45) is 0 Å². The molecule has 0 bridgehead atoms. The minimum absolute atomic E-state index is 0.0102. The van der Waals surface area contributed by atoms with Gasteiger partial charge in [0, 0.05) is 12.6 Å². The number of amides is 1. The molecule has 2 N–H and O–H groups in total. The second-order valence-electron chi connectivity index (χ2n) is 5.06. The quantitative estimate of drug-likeness (QED) is 0.870. The van der Waals surface area contributed by atoms with Gasteiger partial charge in [-0.3, -0.25) is 9.69 Å². The molecule has 0 aromatic heterocycles. The number of nitrogens with zero attached hydrogens (tertiary/aromatic N) is 1. The third-order valence-corrected chi connectivity index (χ3v) is 3.41. The number of morpholine rings is 1. The van der Waals surface area contributed by atoms with Gasteiger partial charge in [0.15, 0.2) is 0 Å². The Morgan fingerprint density at radius 3 is 2.76 bits per heavy atom. The first-order valence-electron chi connectivity index (χ1n) is 6.71. The van der Waals surface area contributed by atoms with Crippen molar-refractivity contribution >= 4 is 11.6 Å². The maximum absolute atomic E-state index is 13.5. The van der Waals surface area contributed by atoms with Gasteiger partial charge in [0.2, 0.25) is 5.91 Å². The van der Waals surface area contributed by atoms with Crippen LogP contribution in [0.1, 0.15) is 6.92 Å². The van der Waals surface area contributed by atoms with Crippen LogP contribution in [-0.2, 0) is 9.53 Å². The van der Waals surface area contributed by atoms with Gasteiger partial charge in [-0.15, -0.1) is 0 Å². The van der Waals surface area contributed by atoms with Gasteiger partial charge in [0.05, 0.1) is 25.9 Å². The van der Waals surface area contributed by atoms with E-state index in [1.165, 1.54) is 6.07 Å². The van der Waals surface area contributed by atoms with Crippen LogP contribution in [0.3, 0.4) is 0 Å². The predicted octanol–water partition coefficient (Wildman–Crippen LogP) is 0.985. The lowest BCUT2D eigenvalue weighted by molar-refractivity contribution is -0.122. The van der Waals surface area contributed by atoms with Gasteiger partial charge in [0.1, 0.15) is 17.3 Å². The third kappa shape index (κ3) is 3.96. The SMILES string of the molecule is CC1COC(CO)CN1CC(=O)Nc1c(F)cccc1F. The van der Waals surface area contributed by atoms with Crippen molar-refractivity contribution in [3.05, 3.63) is 29.8 Å². The molecule has 0 radical (unpaired) electrons. The van der Waals surface area contributed by atoms with Crippen LogP contribution in [0.15, 0.2) is 18.2 Å². The van der Waals surface area contributed by atoms with Crippen LogP contribution in [0.5, 0.6) is 0 Å². The zero-order valence-corrected chi connectivity index (χ0v) is 11.7. The van der Waals surface area contributed by atoms with Crippen molar-refractivity contribution in [1.82, 2.24) is 4.90 Å².